The van der Waals surface area contributed by atoms with Crippen molar-refractivity contribution in [2.45, 2.75) is 38.8 Å². The van der Waals surface area contributed by atoms with Gasteiger partial charge in [-0.25, -0.2) is 4.79 Å². The molecule has 0 aliphatic carbocycles. The molecule has 1 aromatic carbocycles. The second-order valence-corrected chi connectivity index (χ2v) is 6.85. The van der Waals surface area contributed by atoms with Crippen LogP contribution in [0.5, 0.6) is 5.75 Å². The maximum atomic E-state index is 11.8. The third-order valence-electron chi connectivity index (χ3n) is 3.55. The van der Waals surface area contributed by atoms with Gasteiger partial charge < -0.3 is 20.5 Å². The van der Waals surface area contributed by atoms with Crippen molar-refractivity contribution in [3.8, 4) is 5.75 Å². The summed E-state index contributed by atoms with van der Waals surface area (Å²) in [5, 5.41) is 2.92. The monoisotopic (exact) mass is 321 g/mol. The fraction of sp³-hybridized carbons (Fsp3) is 0.588. The number of nitrogens with two attached hydrogens (primary N) is 1. The van der Waals surface area contributed by atoms with Crippen molar-refractivity contribution >= 4 is 11.8 Å². The summed E-state index contributed by atoms with van der Waals surface area (Å²) in [4.78, 5) is 14.0. The summed E-state index contributed by atoms with van der Waals surface area (Å²) in [7, 11) is 0. The molecule has 0 radical (unpaired) electrons. The number of rotatable bonds is 5. The van der Waals surface area contributed by atoms with Gasteiger partial charge in [0.2, 0.25) is 0 Å². The molecule has 2 rings (SSSR count). The van der Waals surface area contributed by atoms with Crippen molar-refractivity contribution in [2.75, 3.05) is 32.0 Å². The van der Waals surface area contributed by atoms with E-state index in [2.05, 4.69) is 10.2 Å². The number of anilines is 1. The predicted octanol–water partition coefficient (Wildman–Crippen LogP) is 2.25. The van der Waals surface area contributed by atoms with Gasteiger partial charge in [-0.05, 0) is 51.5 Å². The first-order valence-electron chi connectivity index (χ1n) is 8.02. The summed E-state index contributed by atoms with van der Waals surface area (Å²) < 4.78 is 11.0. The number of hydrogen-bond donors (Lipinski definition) is 2. The molecule has 0 aromatic heterocycles. The Labute approximate surface area is 137 Å². The molecule has 1 atom stereocenters. The largest absolute Gasteiger partial charge is 0.492 e. The minimum absolute atomic E-state index is 0.140. The van der Waals surface area contributed by atoms with Crippen molar-refractivity contribution in [1.29, 1.82) is 0 Å². The lowest BCUT2D eigenvalue weighted by atomic mass is 10.2. The quantitative estimate of drug-likeness (QED) is 0.813. The minimum atomic E-state index is -0.463. The van der Waals surface area contributed by atoms with Gasteiger partial charge in [0, 0.05) is 31.4 Å². The van der Waals surface area contributed by atoms with Crippen LogP contribution in [0, 0.1) is 0 Å². The van der Waals surface area contributed by atoms with Crippen molar-refractivity contribution in [1.82, 2.24) is 10.2 Å². The molecular formula is C17H27N3O3. The predicted molar refractivity (Wildman–Crippen MR) is 90.6 cm³/mol. The molecular weight excluding hydrogens is 294 g/mol. The highest BCUT2D eigenvalue weighted by Crippen LogP contribution is 2.14. The second kappa shape index (κ2) is 7.55. The van der Waals surface area contributed by atoms with Gasteiger partial charge in [-0.2, -0.15) is 0 Å². The van der Waals surface area contributed by atoms with Crippen LogP contribution in [0.15, 0.2) is 24.3 Å². The highest BCUT2D eigenvalue weighted by Gasteiger charge is 2.25. The number of nitrogens with one attached hydrogen (secondary N) is 1. The number of hydrogen-bond acceptors (Lipinski definition) is 5. The lowest BCUT2D eigenvalue weighted by Crippen LogP contribution is -2.40. The molecule has 6 heteroatoms. The van der Waals surface area contributed by atoms with E-state index in [1.807, 2.05) is 45.0 Å². The standard InChI is InChI=1S/C17H27N3O3/c1-17(2,3)23-16(21)19-14-8-9-20(12-14)10-11-22-15-6-4-13(18)5-7-15/h4-7,14H,8-12,18H2,1-3H3,(H,19,21). The molecule has 1 unspecified atom stereocenters. The van der Waals surface area contributed by atoms with Crippen molar-refractivity contribution < 1.29 is 14.3 Å². The van der Waals surface area contributed by atoms with Crippen molar-refractivity contribution in [3.05, 3.63) is 24.3 Å². The SMILES string of the molecule is CC(C)(C)OC(=O)NC1CCN(CCOc2ccc(N)cc2)C1. The van der Waals surface area contributed by atoms with Gasteiger partial charge in [0.25, 0.3) is 0 Å². The zero-order valence-corrected chi connectivity index (χ0v) is 14.2. The van der Waals surface area contributed by atoms with Crippen LogP contribution < -0.4 is 15.8 Å². The molecule has 1 heterocycles. The maximum Gasteiger partial charge on any atom is 0.407 e. The van der Waals surface area contributed by atoms with E-state index in [1.165, 1.54) is 0 Å². The number of benzene rings is 1. The zero-order valence-electron chi connectivity index (χ0n) is 14.2. The first-order valence-corrected chi connectivity index (χ1v) is 8.02. The molecule has 6 nitrogen and oxygen atoms in total. The van der Waals surface area contributed by atoms with Crippen LogP contribution >= 0.6 is 0 Å². The number of carbonyl (C=O) groups excluding carboxylic acids is 1. The summed E-state index contributed by atoms with van der Waals surface area (Å²) >= 11 is 0. The smallest absolute Gasteiger partial charge is 0.407 e. The Hall–Kier alpha value is -1.95. The van der Waals surface area contributed by atoms with Gasteiger partial charge in [-0.3, -0.25) is 4.90 Å². The Kier molecular flexibility index (Phi) is 5.71. The number of alkyl carbamates (subject to hydrolysis) is 1. The second-order valence-electron chi connectivity index (χ2n) is 6.85. The van der Waals surface area contributed by atoms with E-state index >= 15 is 0 Å². The van der Waals surface area contributed by atoms with Crippen LogP contribution in [-0.4, -0.2) is 48.9 Å². The normalized spacial score (nSPS) is 18.7. The van der Waals surface area contributed by atoms with Crippen molar-refractivity contribution in [2.24, 2.45) is 0 Å². The van der Waals surface area contributed by atoms with Gasteiger partial charge >= 0.3 is 6.09 Å². The van der Waals surface area contributed by atoms with E-state index in [0.29, 0.717) is 6.61 Å². The van der Waals surface area contributed by atoms with Crippen LogP contribution in [0.25, 0.3) is 0 Å². The van der Waals surface area contributed by atoms with Crippen LogP contribution in [0.1, 0.15) is 27.2 Å². The lowest BCUT2D eigenvalue weighted by molar-refractivity contribution is 0.0505. The third-order valence-corrected chi connectivity index (χ3v) is 3.55. The average molecular weight is 321 g/mol. The summed E-state index contributed by atoms with van der Waals surface area (Å²) in [5.74, 6) is 0.821. The molecule has 1 amide bonds. The highest BCUT2D eigenvalue weighted by molar-refractivity contribution is 5.68. The summed E-state index contributed by atoms with van der Waals surface area (Å²) in [6.07, 6.45) is 0.587. The fourth-order valence-corrected chi connectivity index (χ4v) is 2.48. The van der Waals surface area contributed by atoms with E-state index in [9.17, 15) is 4.79 Å². The Morgan fingerprint density at radius 3 is 2.70 bits per heavy atom. The van der Waals surface area contributed by atoms with Crippen LogP contribution in [-0.2, 0) is 4.74 Å². The molecule has 128 valence electrons. The number of amides is 1. The van der Waals surface area contributed by atoms with Crippen LogP contribution in [0.4, 0.5) is 10.5 Å². The van der Waals surface area contributed by atoms with Crippen LogP contribution in [0.3, 0.4) is 0 Å². The average Bonchev–Trinajstić information content (AvgIpc) is 2.86. The van der Waals surface area contributed by atoms with Gasteiger partial charge in [0.05, 0.1) is 0 Å². The van der Waals surface area contributed by atoms with E-state index in [1.54, 1.807) is 0 Å². The molecule has 1 saturated heterocycles. The topological polar surface area (TPSA) is 76.8 Å². The van der Waals surface area contributed by atoms with Crippen molar-refractivity contribution in [3.63, 3.8) is 0 Å². The number of nitrogens with zero attached hydrogens (tertiary/aromatic N) is 1. The molecule has 0 bridgehead atoms. The highest BCUT2D eigenvalue weighted by atomic mass is 16.6. The Morgan fingerprint density at radius 1 is 1.35 bits per heavy atom. The summed E-state index contributed by atoms with van der Waals surface area (Å²) in [5.41, 5.74) is 5.91. The van der Waals surface area contributed by atoms with E-state index in [0.717, 1.165) is 37.5 Å². The van der Waals surface area contributed by atoms with E-state index < -0.39 is 5.60 Å². The molecule has 1 aromatic rings. The van der Waals surface area contributed by atoms with Gasteiger partial charge in [0.1, 0.15) is 18.0 Å². The van der Waals surface area contributed by atoms with Gasteiger partial charge in [-0.15, -0.1) is 0 Å². The molecule has 1 aliphatic heterocycles. The molecule has 23 heavy (non-hydrogen) atoms. The third kappa shape index (κ3) is 6.36. The summed E-state index contributed by atoms with van der Waals surface area (Å²) in [6.45, 7) is 8.81. The minimum Gasteiger partial charge on any atom is -0.492 e. The molecule has 0 saturated carbocycles. The number of likely N-dealkylation sites (tertiary alicyclic amines) is 1. The Bertz CT molecular complexity index is 511. The number of nitrogen functional groups attached to an aromatic ring is 1. The molecule has 1 fully saturated rings. The van der Waals surface area contributed by atoms with Gasteiger partial charge in [0.15, 0.2) is 0 Å². The number of carbonyl (C=O) groups is 1. The van der Waals surface area contributed by atoms with Gasteiger partial charge in [-0.1, -0.05) is 0 Å². The first kappa shape index (κ1) is 17.4. The van der Waals surface area contributed by atoms with E-state index in [-0.39, 0.29) is 12.1 Å². The Morgan fingerprint density at radius 2 is 2.04 bits per heavy atom. The van der Waals surface area contributed by atoms with Crippen LogP contribution in [0.2, 0.25) is 0 Å². The molecule has 3 N–H and O–H groups in total. The summed E-state index contributed by atoms with van der Waals surface area (Å²) in [6, 6.07) is 7.53. The lowest BCUT2D eigenvalue weighted by Gasteiger charge is -2.22. The van der Waals surface area contributed by atoms with E-state index in [4.69, 9.17) is 15.2 Å². The fourth-order valence-electron chi connectivity index (χ4n) is 2.48. The zero-order chi connectivity index (χ0) is 16.9. The maximum absolute atomic E-state index is 11.8. The molecule has 1 aliphatic rings. The Balaban J connectivity index is 1.65. The molecule has 0 spiro atoms. The first-order chi connectivity index (χ1) is 10.8. The number of ether oxygens (including phenoxy) is 2.